The summed E-state index contributed by atoms with van der Waals surface area (Å²) in [5, 5.41) is 12.7. The van der Waals surface area contributed by atoms with Gasteiger partial charge in [0.15, 0.2) is 0 Å². The Balaban J connectivity index is 1.79. The molecule has 1 N–H and O–H groups in total. The highest BCUT2D eigenvalue weighted by atomic mass is 19.1. The van der Waals surface area contributed by atoms with Crippen LogP contribution in [-0.4, -0.2) is 10.9 Å². The Hall–Kier alpha value is -3.52. The van der Waals surface area contributed by atoms with Crippen molar-refractivity contribution in [2.75, 3.05) is 0 Å². The van der Waals surface area contributed by atoms with Crippen LogP contribution in [0.4, 0.5) is 4.39 Å². The van der Waals surface area contributed by atoms with Crippen LogP contribution in [0.2, 0.25) is 0 Å². The number of nitrogens with one attached hydrogen (secondary N) is 1. The second-order valence-electron chi connectivity index (χ2n) is 5.35. The van der Waals surface area contributed by atoms with Crippen LogP contribution in [0, 0.1) is 17.1 Å². The molecule has 25 heavy (non-hydrogen) atoms. The predicted molar refractivity (Wildman–Crippen MR) is 93.7 cm³/mol. The van der Waals surface area contributed by atoms with Crippen molar-refractivity contribution in [3.05, 3.63) is 83.8 Å². The SMILES string of the molecule is N#CC(NC(=O)C=Cc1cccc2cccnc12)c1ccccc1F. The zero-order chi connectivity index (χ0) is 17.6. The maximum Gasteiger partial charge on any atom is 0.245 e. The first-order valence-electron chi connectivity index (χ1n) is 7.65. The molecule has 0 spiro atoms. The lowest BCUT2D eigenvalue weighted by Gasteiger charge is -2.11. The molecule has 0 radical (unpaired) electrons. The first kappa shape index (κ1) is 16.3. The molecule has 3 aromatic rings. The summed E-state index contributed by atoms with van der Waals surface area (Å²) >= 11 is 0. The van der Waals surface area contributed by atoms with E-state index in [1.807, 2.05) is 36.4 Å². The molecule has 0 fully saturated rings. The third-order valence-corrected chi connectivity index (χ3v) is 3.71. The summed E-state index contributed by atoms with van der Waals surface area (Å²) in [6.45, 7) is 0. The van der Waals surface area contributed by atoms with E-state index in [9.17, 15) is 14.4 Å². The molecule has 1 atom stereocenters. The third-order valence-electron chi connectivity index (χ3n) is 3.71. The molecule has 0 aliphatic rings. The molecule has 0 saturated carbocycles. The van der Waals surface area contributed by atoms with E-state index in [1.165, 1.54) is 24.3 Å². The number of benzene rings is 2. The highest BCUT2D eigenvalue weighted by Crippen LogP contribution is 2.18. The molecule has 0 aliphatic carbocycles. The van der Waals surface area contributed by atoms with Crippen molar-refractivity contribution in [2.24, 2.45) is 0 Å². The molecule has 2 aromatic carbocycles. The van der Waals surface area contributed by atoms with E-state index in [0.29, 0.717) is 0 Å². The number of amides is 1. The maximum atomic E-state index is 13.8. The number of fused-ring (bicyclic) bond motifs is 1. The Morgan fingerprint density at radius 3 is 2.76 bits per heavy atom. The van der Waals surface area contributed by atoms with E-state index in [0.717, 1.165) is 16.5 Å². The maximum absolute atomic E-state index is 13.8. The normalized spacial score (nSPS) is 12.0. The van der Waals surface area contributed by atoms with Crippen molar-refractivity contribution >= 4 is 22.9 Å². The highest BCUT2D eigenvalue weighted by Gasteiger charge is 2.16. The van der Waals surface area contributed by atoms with Crippen molar-refractivity contribution in [3.63, 3.8) is 0 Å². The predicted octanol–water partition coefficient (Wildman–Crippen LogP) is 3.77. The van der Waals surface area contributed by atoms with Gasteiger partial charge in [0.05, 0.1) is 11.6 Å². The smallest absolute Gasteiger partial charge is 0.245 e. The van der Waals surface area contributed by atoms with Gasteiger partial charge >= 0.3 is 0 Å². The molecule has 4 nitrogen and oxygen atoms in total. The monoisotopic (exact) mass is 331 g/mol. The quantitative estimate of drug-likeness (QED) is 0.740. The first-order valence-corrected chi connectivity index (χ1v) is 7.65. The third kappa shape index (κ3) is 3.70. The summed E-state index contributed by atoms with van der Waals surface area (Å²) in [5.41, 5.74) is 1.70. The fourth-order valence-electron chi connectivity index (χ4n) is 2.51. The summed E-state index contributed by atoms with van der Waals surface area (Å²) in [5.74, 6) is -1.01. The lowest BCUT2D eigenvalue weighted by Crippen LogP contribution is -2.26. The number of carbonyl (C=O) groups is 1. The molecule has 122 valence electrons. The van der Waals surface area contributed by atoms with E-state index >= 15 is 0 Å². The lowest BCUT2D eigenvalue weighted by molar-refractivity contribution is -0.116. The molecule has 0 aliphatic heterocycles. The standard InChI is InChI=1S/C20H14FN3O/c21-17-9-2-1-8-16(17)18(13-22)24-19(25)11-10-15-6-3-5-14-7-4-12-23-20(14)15/h1-12,18H,(H,24,25). The number of hydrogen-bond donors (Lipinski definition) is 1. The zero-order valence-electron chi connectivity index (χ0n) is 13.2. The average Bonchev–Trinajstić information content (AvgIpc) is 2.65. The fraction of sp³-hybridized carbons (Fsp3) is 0.0500. The summed E-state index contributed by atoms with van der Waals surface area (Å²) in [6, 6.07) is 16.2. The van der Waals surface area contributed by atoms with Crippen LogP contribution in [0.5, 0.6) is 0 Å². The molecule has 0 saturated heterocycles. The minimum absolute atomic E-state index is 0.138. The van der Waals surface area contributed by atoms with Gasteiger partial charge in [-0.25, -0.2) is 4.39 Å². The fourth-order valence-corrected chi connectivity index (χ4v) is 2.51. The molecule has 0 bridgehead atoms. The zero-order valence-corrected chi connectivity index (χ0v) is 13.2. The second kappa shape index (κ2) is 7.37. The van der Waals surface area contributed by atoms with Crippen molar-refractivity contribution in [2.45, 2.75) is 6.04 Å². The number of rotatable bonds is 4. The van der Waals surface area contributed by atoms with Crippen LogP contribution < -0.4 is 5.32 Å². The number of aromatic nitrogens is 1. The van der Waals surface area contributed by atoms with Gasteiger partial charge in [-0.2, -0.15) is 5.26 Å². The highest BCUT2D eigenvalue weighted by molar-refractivity contribution is 5.95. The van der Waals surface area contributed by atoms with Crippen LogP contribution in [0.3, 0.4) is 0 Å². The van der Waals surface area contributed by atoms with Gasteiger partial charge in [-0.1, -0.05) is 42.5 Å². The molecule has 5 heteroatoms. The topological polar surface area (TPSA) is 65.8 Å². The van der Waals surface area contributed by atoms with E-state index < -0.39 is 17.8 Å². The molecule has 1 heterocycles. The average molecular weight is 331 g/mol. The van der Waals surface area contributed by atoms with Crippen LogP contribution in [0.25, 0.3) is 17.0 Å². The van der Waals surface area contributed by atoms with Gasteiger partial charge in [-0.3, -0.25) is 9.78 Å². The molecule has 1 aromatic heterocycles. The number of nitrogens with zero attached hydrogens (tertiary/aromatic N) is 2. The van der Waals surface area contributed by atoms with E-state index in [2.05, 4.69) is 10.3 Å². The first-order chi connectivity index (χ1) is 12.2. The van der Waals surface area contributed by atoms with Gasteiger partial charge in [0, 0.05) is 28.8 Å². The number of pyridine rings is 1. The van der Waals surface area contributed by atoms with Crippen molar-refractivity contribution < 1.29 is 9.18 Å². The Morgan fingerprint density at radius 1 is 1.16 bits per heavy atom. The van der Waals surface area contributed by atoms with E-state index in [-0.39, 0.29) is 5.56 Å². The van der Waals surface area contributed by atoms with Crippen LogP contribution in [0.15, 0.2) is 66.9 Å². The summed E-state index contributed by atoms with van der Waals surface area (Å²) < 4.78 is 13.8. The molecule has 1 amide bonds. The molecular weight excluding hydrogens is 317 g/mol. The Kier molecular flexibility index (Phi) is 4.82. The van der Waals surface area contributed by atoms with Gasteiger partial charge in [0.25, 0.3) is 0 Å². The lowest BCUT2D eigenvalue weighted by atomic mass is 10.1. The second-order valence-corrected chi connectivity index (χ2v) is 5.35. The van der Waals surface area contributed by atoms with Gasteiger partial charge in [-0.05, 0) is 18.2 Å². The number of nitriles is 1. The Morgan fingerprint density at radius 2 is 1.96 bits per heavy atom. The minimum atomic E-state index is -1.05. The van der Waals surface area contributed by atoms with Crippen molar-refractivity contribution in [1.29, 1.82) is 5.26 Å². The van der Waals surface area contributed by atoms with Gasteiger partial charge in [0.1, 0.15) is 11.9 Å². The number of carbonyl (C=O) groups excluding carboxylic acids is 1. The number of hydrogen-bond acceptors (Lipinski definition) is 3. The van der Waals surface area contributed by atoms with Gasteiger partial charge in [-0.15, -0.1) is 0 Å². The van der Waals surface area contributed by atoms with Gasteiger partial charge < -0.3 is 5.32 Å². The summed E-state index contributed by atoms with van der Waals surface area (Å²) in [7, 11) is 0. The minimum Gasteiger partial charge on any atom is -0.333 e. The van der Waals surface area contributed by atoms with Crippen LogP contribution in [-0.2, 0) is 4.79 Å². The van der Waals surface area contributed by atoms with Gasteiger partial charge in [0.2, 0.25) is 5.91 Å². The number of para-hydroxylation sites is 1. The van der Waals surface area contributed by atoms with E-state index in [1.54, 1.807) is 18.3 Å². The Bertz CT molecular complexity index is 986. The molecule has 3 rings (SSSR count). The van der Waals surface area contributed by atoms with Crippen LogP contribution in [0.1, 0.15) is 17.2 Å². The number of halogens is 1. The summed E-state index contributed by atoms with van der Waals surface area (Å²) in [4.78, 5) is 16.4. The molecular formula is C20H14FN3O. The Labute approximate surface area is 144 Å². The molecule has 1 unspecified atom stereocenters. The largest absolute Gasteiger partial charge is 0.333 e. The van der Waals surface area contributed by atoms with Crippen LogP contribution >= 0.6 is 0 Å². The van der Waals surface area contributed by atoms with Crippen molar-refractivity contribution in [3.8, 4) is 6.07 Å². The summed E-state index contributed by atoms with van der Waals surface area (Å²) in [6.07, 6.45) is 4.62. The van der Waals surface area contributed by atoms with E-state index in [4.69, 9.17) is 0 Å². The van der Waals surface area contributed by atoms with Crippen molar-refractivity contribution in [1.82, 2.24) is 10.3 Å².